The predicted molar refractivity (Wildman–Crippen MR) is 63.5 cm³/mol. The summed E-state index contributed by atoms with van der Waals surface area (Å²) in [5, 5.41) is 9.81. The van der Waals surface area contributed by atoms with Crippen molar-refractivity contribution in [2.45, 2.75) is 12.5 Å². The third-order valence-corrected chi connectivity index (χ3v) is 3.78. The van der Waals surface area contributed by atoms with Gasteiger partial charge in [-0.3, -0.25) is 0 Å². The van der Waals surface area contributed by atoms with E-state index in [9.17, 15) is 13.5 Å². The van der Waals surface area contributed by atoms with Crippen molar-refractivity contribution < 1.29 is 13.5 Å². The standard InChI is InChI=1S/C11H17NO3S/c1-12(16(2,14)15)9-8-11(13)10-6-4-3-5-7-10/h3-7,11,13H,8-9H2,1-2H3. The Bertz CT molecular complexity index is 416. The van der Waals surface area contributed by atoms with E-state index < -0.39 is 16.1 Å². The maximum atomic E-state index is 11.1. The molecule has 0 aromatic heterocycles. The summed E-state index contributed by atoms with van der Waals surface area (Å²) in [6.45, 7) is 0.314. The average molecular weight is 243 g/mol. The molecule has 0 amide bonds. The molecule has 0 aliphatic carbocycles. The number of benzene rings is 1. The number of hydrogen-bond donors (Lipinski definition) is 1. The lowest BCUT2D eigenvalue weighted by Crippen LogP contribution is -2.27. The van der Waals surface area contributed by atoms with E-state index in [4.69, 9.17) is 0 Å². The molecular weight excluding hydrogens is 226 g/mol. The van der Waals surface area contributed by atoms with Crippen LogP contribution < -0.4 is 0 Å². The molecule has 0 heterocycles. The Morgan fingerprint density at radius 3 is 2.38 bits per heavy atom. The first-order valence-corrected chi connectivity index (χ1v) is 6.90. The quantitative estimate of drug-likeness (QED) is 0.839. The van der Waals surface area contributed by atoms with Crippen molar-refractivity contribution in [2.75, 3.05) is 19.8 Å². The Kier molecular flexibility index (Phi) is 4.46. The molecule has 1 N–H and O–H groups in total. The minimum absolute atomic E-state index is 0.314. The molecule has 0 aliphatic heterocycles. The summed E-state index contributed by atoms with van der Waals surface area (Å²) >= 11 is 0. The summed E-state index contributed by atoms with van der Waals surface area (Å²) in [6.07, 6.45) is 0.931. The summed E-state index contributed by atoms with van der Waals surface area (Å²) in [7, 11) is -1.65. The number of hydrogen-bond acceptors (Lipinski definition) is 3. The van der Waals surface area contributed by atoms with Crippen LogP contribution in [0.5, 0.6) is 0 Å². The number of rotatable bonds is 5. The van der Waals surface area contributed by atoms with Gasteiger partial charge in [0, 0.05) is 13.6 Å². The van der Waals surface area contributed by atoms with Gasteiger partial charge in [0.05, 0.1) is 12.4 Å². The number of sulfonamides is 1. The lowest BCUT2D eigenvalue weighted by atomic mass is 10.1. The molecule has 90 valence electrons. The van der Waals surface area contributed by atoms with E-state index in [1.54, 1.807) is 0 Å². The van der Waals surface area contributed by atoms with E-state index >= 15 is 0 Å². The molecule has 4 nitrogen and oxygen atoms in total. The van der Waals surface area contributed by atoms with Crippen LogP contribution in [0.3, 0.4) is 0 Å². The molecule has 0 saturated carbocycles. The smallest absolute Gasteiger partial charge is 0.210 e. The van der Waals surface area contributed by atoms with E-state index in [2.05, 4.69) is 0 Å². The molecule has 1 aromatic rings. The second kappa shape index (κ2) is 5.43. The first-order chi connectivity index (χ1) is 7.41. The Balaban J connectivity index is 2.51. The highest BCUT2D eigenvalue weighted by Crippen LogP contribution is 2.16. The molecule has 1 rings (SSSR count). The van der Waals surface area contributed by atoms with Gasteiger partial charge in [-0.1, -0.05) is 30.3 Å². The lowest BCUT2D eigenvalue weighted by Gasteiger charge is -2.16. The van der Waals surface area contributed by atoms with Crippen LogP contribution in [-0.4, -0.2) is 37.7 Å². The van der Waals surface area contributed by atoms with E-state index in [0.717, 1.165) is 11.8 Å². The van der Waals surface area contributed by atoms with Gasteiger partial charge in [0.25, 0.3) is 0 Å². The van der Waals surface area contributed by atoms with E-state index in [1.807, 2.05) is 30.3 Å². The topological polar surface area (TPSA) is 57.6 Å². The Morgan fingerprint density at radius 2 is 1.88 bits per heavy atom. The van der Waals surface area contributed by atoms with Crippen LogP contribution in [0.15, 0.2) is 30.3 Å². The minimum atomic E-state index is -3.16. The van der Waals surface area contributed by atoms with Crippen molar-refractivity contribution in [3.63, 3.8) is 0 Å². The van der Waals surface area contributed by atoms with Gasteiger partial charge >= 0.3 is 0 Å². The van der Waals surface area contributed by atoms with Gasteiger partial charge in [-0.25, -0.2) is 12.7 Å². The number of aliphatic hydroxyl groups is 1. The Hall–Kier alpha value is -0.910. The minimum Gasteiger partial charge on any atom is -0.388 e. The third-order valence-electron chi connectivity index (χ3n) is 2.47. The second-order valence-corrected chi connectivity index (χ2v) is 5.89. The summed E-state index contributed by atoms with van der Waals surface area (Å²) < 4.78 is 23.5. The number of aliphatic hydroxyl groups excluding tert-OH is 1. The third kappa shape index (κ3) is 3.92. The summed E-state index contributed by atoms with van der Waals surface area (Å²) in [6, 6.07) is 9.22. The van der Waals surface area contributed by atoms with Gasteiger partial charge in [0.1, 0.15) is 0 Å². The molecule has 0 bridgehead atoms. The zero-order chi connectivity index (χ0) is 12.2. The van der Waals surface area contributed by atoms with Gasteiger partial charge < -0.3 is 5.11 Å². The van der Waals surface area contributed by atoms with Crippen LogP contribution in [0.1, 0.15) is 18.1 Å². The average Bonchev–Trinajstić information content (AvgIpc) is 2.25. The van der Waals surface area contributed by atoms with Crippen molar-refractivity contribution >= 4 is 10.0 Å². The molecule has 0 aliphatic rings. The molecular formula is C11H17NO3S. The molecule has 0 fully saturated rings. The molecule has 0 spiro atoms. The molecule has 16 heavy (non-hydrogen) atoms. The Morgan fingerprint density at radius 1 is 1.31 bits per heavy atom. The van der Waals surface area contributed by atoms with Crippen LogP contribution in [0.25, 0.3) is 0 Å². The van der Waals surface area contributed by atoms with Gasteiger partial charge in [0.2, 0.25) is 10.0 Å². The fourth-order valence-corrected chi connectivity index (χ4v) is 1.75. The highest BCUT2D eigenvalue weighted by atomic mass is 32.2. The summed E-state index contributed by atoms with van der Waals surface area (Å²) in [5.41, 5.74) is 0.810. The molecule has 1 atom stereocenters. The summed E-state index contributed by atoms with van der Waals surface area (Å²) in [5.74, 6) is 0. The predicted octanol–water partition coefficient (Wildman–Crippen LogP) is 1.00. The van der Waals surface area contributed by atoms with Crippen molar-refractivity contribution in [1.82, 2.24) is 4.31 Å². The normalized spacial score (nSPS) is 14.0. The SMILES string of the molecule is CN(CCC(O)c1ccccc1)S(C)(=O)=O. The Labute approximate surface area is 96.6 Å². The number of nitrogens with zero attached hydrogens (tertiary/aromatic N) is 1. The molecule has 1 aromatic carbocycles. The van der Waals surface area contributed by atoms with E-state index in [-0.39, 0.29) is 0 Å². The maximum absolute atomic E-state index is 11.1. The lowest BCUT2D eigenvalue weighted by molar-refractivity contribution is 0.160. The van der Waals surface area contributed by atoms with Crippen molar-refractivity contribution in [3.05, 3.63) is 35.9 Å². The van der Waals surface area contributed by atoms with Crippen LogP contribution in [-0.2, 0) is 10.0 Å². The van der Waals surface area contributed by atoms with Gasteiger partial charge in [-0.15, -0.1) is 0 Å². The summed E-state index contributed by atoms with van der Waals surface area (Å²) in [4.78, 5) is 0. The van der Waals surface area contributed by atoms with Gasteiger partial charge in [-0.2, -0.15) is 0 Å². The zero-order valence-electron chi connectivity index (χ0n) is 9.50. The maximum Gasteiger partial charge on any atom is 0.210 e. The van der Waals surface area contributed by atoms with Crippen LogP contribution in [0, 0.1) is 0 Å². The first kappa shape index (κ1) is 13.2. The zero-order valence-corrected chi connectivity index (χ0v) is 10.3. The van der Waals surface area contributed by atoms with Crippen molar-refractivity contribution in [3.8, 4) is 0 Å². The monoisotopic (exact) mass is 243 g/mol. The van der Waals surface area contributed by atoms with Crippen LogP contribution >= 0.6 is 0 Å². The second-order valence-electron chi connectivity index (χ2n) is 3.80. The largest absolute Gasteiger partial charge is 0.388 e. The van der Waals surface area contributed by atoms with E-state index in [0.29, 0.717) is 13.0 Å². The van der Waals surface area contributed by atoms with Crippen molar-refractivity contribution in [1.29, 1.82) is 0 Å². The first-order valence-electron chi connectivity index (χ1n) is 5.05. The van der Waals surface area contributed by atoms with E-state index in [1.165, 1.54) is 11.4 Å². The highest BCUT2D eigenvalue weighted by Gasteiger charge is 2.13. The van der Waals surface area contributed by atoms with Crippen LogP contribution in [0.4, 0.5) is 0 Å². The van der Waals surface area contributed by atoms with Gasteiger partial charge in [0.15, 0.2) is 0 Å². The van der Waals surface area contributed by atoms with Crippen molar-refractivity contribution in [2.24, 2.45) is 0 Å². The molecule has 1 unspecified atom stereocenters. The molecule has 5 heteroatoms. The molecule has 0 radical (unpaired) electrons. The molecule has 0 saturated heterocycles. The highest BCUT2D eigenvalue weighted by molar-refractivity contribution is 7.88. The van der Waals surface area contributed by atoms with Crippen LogP contribution in [0.2, 0.25) is 0 Å². The fourth-order valence-electron chi connectivity index (χ4n) is 1.31. The fraction of sp³-hybridized carbons (Fsp3) is 0.455. The van der Waals surface area contributed by atoms with Gasteiger partial charge in [-0.05, 0) is 12.0 Å².